The second kappa shape index (κ2) is 12.6. The predicted molar refractivity (Wildman–Crippen MR) is 140 cm³/mol. The topological polar surface area (TPSA) is 60.5 Å². The average molecular weight is 530 g/mol. The average Bonchev–Trinajstić information content (AvgIpc) is 3.18. The molecule has 3 aromatic rings. The molecule has 0 spiro atoms. The van der Waals surface area contributed by atoms with Crippen molar-refractivity contribution in [3.63, 3.8) is 0 Å². The Bertz CT molecular complexity index is 1090. The number of aromatic nitrogens is 1. The molecule has 3 rings (SSSR count). The van der Waals surface area contributed by atoms with Gasteiger partial charge in [0.25, 0.3) is 0 Å². The van der Waals surface area contributed by atoms with Crippen molar-refractivity contribution in [2.24, 2.45) is 0 Å². The summed E-state index contributed by atoms with van der Waals surface area (Å²) in [5.74, 6) is 1.14. The van der Waals surface area contributed by atoms with Gasteiger partial charge in [0.2, 0.25) is 5.91 Å². The number of ether oxygens (including phenoxy) is 2. The highest BCUT2D eigenvalue weighted by Crippen LogP contribution is 2.31. The molecule has 7 heteroatoms. The SMILES string of the molecule is CCCCCCOc1ccc(/C=C/C(=O)Nc2nc(-c3ccc(Br)cc3)c(C)s2)cc1OC. The van der Waals surface area contributed by atoms with Gasteiger partial charge >= 0.3 is 0 Å². The Morgan fingerprint density at radius 1 is 1.12 bits per heavy atom. The Labute approximate surface area is 208 Å². The molecule has 174 valence electrons. The minimum atomic E-state index is -0.235. The van der Waals surface area contributed by atoms with Crippen LogP contribution in [0, 0.1) is 6.92 Å². The number of benzene rings is 2. The molecule has 0 radical (unpaired) electrons. The molecule has 0 fully saturated rings. The molecule has 1 heterocycles. The third-order valence-corrected chi connectivity index (χ3v) is 6.43. The van der Waals surface area contributed by atoms with Crippen LogP contribution in [-0.4, -0.2) is 24.6 Å². The van der Waals surface area contributed by atoms with E-state index >= 15 is 0 Å². The molecule has 0 saturated heterocycles. The molecule has 0 aliphatic rings. The van der Waals surface area contributed by atoms with Crippen LogP contribution in [-0.2, 0) is 4.79 Å². The van der Waals surface area contributed by atoms with Gasteiger partial charge in [0.15, 0.2) is 16.6 Å². The second-order valence-corrected chi connectivity index (χ2v) is 9.69. The molecular weight excluding hydrogens is 500 g/mol. The van der Waals surface area contributed by atoms with E-state index < -0.39 is 0 Å². The fourth-order valence-corrected chi connectivity index (χ4v) is 4.37. The van der Waals surface area contributed by atoms with Crippen LogP contribution in [0.5, 0.6) is 11.5 Å². The first-order valence-corrected chi connectivity index (χ1v) is 12.6. The lowest BCUT2D eigenvalue weighted by Crippen LogP contribution is -2.07. The second-order valence-electron chi connectivity index (χ2n) is 7.57. The Balaban J connectivity index is 1.60. The maximum atomic E-state index is 12.4. The molecule has 0 aliphatic heterocycles. The zero-order chi connectivity index (χ0) is 23.6. The van der Waals surface area contributed by atoms with Gasteiger partial charge in [-0.1, -0.05) is 60.3 Å². The number of thiazole rings is 1. The number of methoxy groups -OCH3 is 1. The van der Waals surface area contributed by atoms with Gasteiger partial charge in [-0.2, -0.15) is 0 Å². The molecule has 0 atom stereocenters. The van der Waals surface area contributed by atoms with Gasteiger partial charge in [-0.15, -0.1) is 11.3 Å². The quantitative estimate of drug-likeness (QED) is 0.206. The smallest absolute Gasteiger partial charge is 0.250 e. The molecule has 1 aromatic heterocycles. The van der Waals surface area contributed by atoms with Gasteiger partial charge < -0.3 is 9.47 Å². The number of rotatable bonds is 11. The number of unbranched alkanes of at least 4 members (excludes halogenated alkanes) is 3. The number of carbonyl (C=O) groups is 1. The van der Waals surface area contributed by atoms with Crippen LogP contribution in [0.4, 0.5) is 5.13 Å². The van der Waals surface area contributed by atoms with Gasteiger partial charge in [-0.25, -0.2) is 4.98 Å². The number of aryl methyl sites for hydroxylation is 1. The van der Waals surface area contributed by atoms with Crippen molar-refractivity contribution in [3.8, 4) is 22.8 Å². The van der Waals surface area contributed by atoms with E-state index in [4.69, 9.17) is 9.47 Å². The molecule has 0 bridgehead atoms. The van der Waals surface area contributed by atoms with Crippen LogP contribution in [0.3, 0.4) is 0 Å². The number of nitrogens with zero attached hydrogens (tertiary/aromatic N) is 1. The van der Waals surface area contributed by atoms with Gasteiger partial charge in [-0.05, 0) is 49.2 Å². The van der Waals surface area contributed by atoms with E-state index in [0.717, 1.165) is 39.0 Å². The predicted octanol–water partition coefficient (Wildman–Crippen LogP) is 7.50. The lowest BCUT2D eigenvalue weighted by atomic mass is 10.1. The van der Waals surface area contributed by atoms with Crippen LogP contribution in [0.1, 0.15) is 43.0 Å². The van der Waals surface area contributed by atoms with Crippen molar-refractivity contribution in [2.75, 3.05) is 19.0 Å². The van der Waals surface area contributed by atoms with Crippen molar-refractivity contribution in [2.45, 2.75) is 39.5 Å². The van der Waals surface area contributed by atoms with E-state index in [1.165, 1.54) is 30.3 Å². The highest BCUT2D eigenvalue weighted by Gasteiger charge is 2.11. The molecule has 0 aliphatic carbocycles. The Morgan fingerprint density at radius 2 is 1.91 bits per heavy atom. The van der Waals surface area contributed by atoms with Gasteiger partial charge in [-0.3, -0.25) is 10.1 Å². The first-order chi connectivity index (χ1) is 16.0. The Kier molecular flexibility index (Phi) is 9.51. The van der Waals surface area contributed by atoms with Gasteiger partial charge in [0, 0.05) is 21.0 Å². The van der Waals surface area contributed by atoms with E-state index in [1.54, 1.807) is 13.2 Å². The maximum Gasteiger partial charge on any atom is 0.250 e. The van der Waals surface area contributed by atoms with Crippen LogP contribution in [0.25, 0.3) is 17.3 Å². The van der Waals surface area contributed by atoms with E-state index in [2.05, 4.69) is 33.2 Å². The number of nitrogens with one attached hydrogen (secondary N) is 1. The summed E-state index contributed by atoms with van der Waals surface area (Å²) in [4.78, 5) is 18.1. The van der Waals surface area contributed by atoms with E-state index in [-0.39, 0.29) is 5.91 Å². The lowest BCUT2D eigenvalue weighted by molar-refractivity contribution is -0.111. The highest BCUT2D eigenvalue weighted by molar-refractivity contribution is 9.10. The first kappa shape index (κ1) is 25.0. The van der Waals surface area contributed by atoms with E-state index in [1.807, 2.05) is 49.4 Å². The number of carbonyl (C=O) groups excluding carboxylic acids is 1. The molecule has 1 N–H and O–H groups in total. The molecule has 0 saturated carbocycles. The minimum Gasteiger partial charge on any atom is -0.493 e. The fraction of sp³-hybridized carbons (Fsp3) is 0.308. The van der Waals surface area contributed by atoms with Crippen LogP contribution in [0.15, 0.2) is 53.0 Å². The molecule has 1 amide bonds. The number of amides is 1. The van der Waals surface area contributed by atoms with E-state index in [0.29, 0.717) is 23.2 Å². The first-order valence-electron chi connectivity index (χ1n) is 11.0. The summed E-state index contributed by atoms with van der Waals surface area (Å²) in [6.07, 6.45) is 7.86. The maximum absolute atomic E-state index is 12.4. The Hall–Kier alpha value is -2.64. The number of hydrogen-bond donors (Lipinski definition) is 1. The zero-order valence-corrected chi connectivity index (χ0v) is 21.6. The summed E-state index contributed by atoms with van der Waals surface area (Å²) in [6.45, 7) is 4.86. The summed E-state index contributed by atoms with van der Waals surface area (Å²) >= 11 is 4.90. The summed E-state index contributed by atoms with van der Waals surface area (Å²) in [5.41, 5.74) is 2.75. The van der Waals surface area contributed by atoms with Crippen molar-refractivity contribution in [3.05, 3.63) is 63.5 Å². The number of halogens is 1. The number of hydrogen-bond acceptors (Lipinski definition) is 5. The van der Waals surface area contributed by atoms with Gasteiger partial charge in [0.1, 0.15) is 0 Å². The third kappa shape index (κ3) is 7.44. The Morgan fingerprint density at radius 3 is 2.64 bits per heavy atom. The highest BCUT2D eigenvalue weighted by atomic mass is 79.9. The van der Waals surface area contributed by atoms with E-state index in [9.17, 15) is 4.79 Å². The number of anilines is 1. The summed E-state index contributed by atoms with van der Waals surface area (Å²) in [6, 6.07) is 13.6. The largest absolute Gasteiger partial charge is 0.493 e. The molecule has 0 unspecified atom stereocenters. The molecule has 33 heavy (non-hydrogen) atoms. The fourth-order valence-electron chi connectivity index (χ4n) is 3.26. The standard InChI is InChI=1S/C26H29BrN2O3S/c1-4-5-6-7-16-32-22-14-8-19(17-23(22)31-3)9-15-24(30)28-26-29-25(18(2)33-26)20-10-12-21(27)13-11-20/h8-15,17H,4-7,16H2,1-3H3,(H,28,29,30)/b15-9+. The molecular formula is C26H29BrN2O3S. The summed E-state index contributed by atoms with van der Waals surface area (Å²) in [7, 11) is 1.62. The lowest BCUT2D eigenvalue weighted by Gasteiger charge is -2.11. The minimum absolute atomic E-state index is 0.235. The van der Waals surface area contributed by atoms with Crippen LogP contribution in [0.2, 0.25) is 0 Å². The van der Waals surface area contributed by atoms with Gasteiger partial charge in [0.05, 0.1) is 19.4 Å². The van der Waals surface area contributed by atoms with Crippen molar-refractivity contribution >= 4 is 44.4 Å². The normalized spacial score (nSPS) is 11.0. The monoisotopic (exact) mass is 528 g/mol. The van der Waals surface area contributed by atoms with Crippen LogP contribution < -0.4 is 14.8 Å². The molecule has 2 aromatic carbocycles. The van der Waals surface area contributed by atoms with Crippen LogP contribution >= 0.6 is 27.3 Å². The third-order valence-electron chi connectivity index (χ3n) is 5.01. The molecule has 5 nitrogen and oxygen atoms in total. The van der Waals surface area contributed by atoms with Crippen molar-refractivity contribution in [1.82, 2.24) is 4.98 Å². The van der Waals surface area contributed by atoms with Crippen molar-refractivity contribution in [1.29, 1.82) is 0 Å². The summed E-state index contributed by atoms with van der Waals surface area (Å²) in [5, 5.41) is 3.43. The van der Waals surface area contributed by atoms with Crippen molar-refractivity contribution < 1.29 is 14.3 Å². The summed E-state index contributed by atoms with van der Waals surface area (Å²) < 4.78 is 12.3. The zero-order valence-electron chi connectivity index (χ0n) is 19.2.